The maximum Gasteiger partial charge on any atom is 0.188 e. The van der Waals surface area contributed by atoms with Crippen molar-refractivity contribution in [1.82, 2.24) is 4.98 Å². The van der Waals surface area contributed by atoms with Crippen molar-refractivity contribution in [3.05, 3.63) is 10.0 Å². The van der Waals surface area contributed by atoms with Crippen molar-refractivity contribution >= 4 is 28.1 Å². The predicted molar refractivity (Wildman–Crippen MR) is 70.5 cm³/mol. The average Bonchev–Trinajstić information content (AvgIpc) is 2.70. The molecule has 17 heavy (non-hydrogen) atoms. The summed E-state index contributed by atoms with van der Waals surface area (Å²) in [5.41, 5.74) is 5.89. The molecule has 1 fully saturated rings. The second-order valence-electron chi connectivity index (χ2n) is 4.41. The average molecular weight is 271 g/mol. The summed E-state index contributed by atoms with van der Waals surface area (Å²) >= 11 is 7.23. The Balaban J connectivity index is 2.09. The van der Waals surface area contributed by atoms with Crippen LogP contribution in [0.15, 0.2) is 0 Å². The van der Waals surface area contributed by atoms with E-state index in [1.54, 1.807) is 0 Å². The number of rotatable bonds is 2. The second kappa shape index (κ2) is 5.21. The van der Waals surface area contributed by atoms with Crippen LogP contribution in [0, 0.1) is 11.3 Å². The highest BCUT2D eigenvalue weighted by Crippen LogP contribution is 2.32. The minimum atomic E-state index is 0.312. The van der Waals surface area contributed by atoms with Crippen molar-refractivity contribution in [2.45, 2.75) is 37.8 Å². The first kappa shape index (κ1) is 12.6. The number of aromatic nitrogens is 1. The molecule has 6 heteroatoms. The first-order valence-electron chi connectivity index (χ1n) is 5.66. The molecule has 0 saturated heterocycles. The summed E-state index contributed by atoms with van der Waals surface area (Å²) in [6.45, 7) is 0. The third-order valence-electron chi connectivity index (χ3n) is 3.27. The Labute approximate surface area is 110 Å². The van der Waals surface area contributed by atoms with Gasteiger partial charge in [0.05, 0.1) is 0 Å². The molecule has 1 aromatic rings. The van der Waals surface area contributed by atoms with Gasteiger partial charge in [-0.1, -0.05) is 22.9 Å². The summed E-state index contributed by atoms with van der Waals surface area (Å²) in [6.07, 6.45) is 4.27. The summed E-state index contributed by atoms with van der Waals surface area (Å²) in [4.78, 5) is 6.85. The molecule has 2 rings (SSSR count). The molecule has 0 atom stereocenters. The molecular formula is C11H15ClN4S. The zero-order valence-corrected chi connectivity index (χ0v) is 11.3. The Hall–Kier alpha value is -0.830. The van der Waals surface area contributed by atoms with Crippen LogP contribution >= 0.6 is 22.9 Å². The fraction of sp³-hybridized carbons (Fsp3) is 0.636. The van der Waals surface area contributed by atoms with Gasteiger partial charge in [0.25, 0.3) is 0 Å². The molecule has 0 radical (unpaired) electrons. The van der Waals surface area contributed by atoms with Crippen molar-refractivity contribution in [2.75, 3.05) is 11.9 Å². The Morgan fingerprint density at radius 1 is 1.47 bits per heavy atom. The molecule has 0 aliphatic heterocycles. The van der Waals surface area contributed by atoms with E-state index in [1.165, 1.54) is 11.3 Å². The predicted octanol–water partition coefficient (Wildman–Crippen LogP) is 2.37. The molecule has 1 aliphatic carbocycles. The van der Waals surface area contributed by atoms with Crippen LogP contribution in [0.3, 0.4) is 0 Å². The van der Waals surface area contributed by atoms with Crippen LogP contribution in [-0.2, 0) is 0 Å². The van der Waals surface area contributed by atoms with Crippen molar-refractivity contribution in [3.8, 4) is 6.07 Å². The van der Waals surface area contributed by atoms with E-state index in [0.29, 0.717) is 22.1 Å². The van der Waals surface area contributed by atoms with E-state index in [2.05, 4.69) is 16.0 Å². The maximum atomic E-state index is 8.86. The first-order valence-corrected chi connectivity index (χ1v) is 6.86. The topological polar surface area (TPSA) is 65.9 Å². The van der Waals surface area contributed by atoms with Crippen molar-refractivity contribution in [3.63, 3.8) is 0 Å². The molecule has 4 nitrogen and oxygen atoms in total. The van der Waals surface area contributed by atoms with Gasteiger partial charge in [0.2, 0.25) is 0 Å². The molecule has 1 aliphatic rings. The highest BCUT2D eigenvalue weighted by atomic mass is 35.5. The van der Waals surface area contributed by atoms with Gasteiger partial charge in [-0.2, -0.15) is 5.26 Å². The lowest BCUT2D eigenvalue weighted by molar-refractivity contribution is 0.385. The Morgan fingerprint density at radius 2 is 2.12 bits per heavy atom. The SMILES string of the molecule is CN(c1nc(Cl)c(C#N)s1)C1CCC(N)CC1. The normalized spacial score (nSPS) is 24.4. The van der Waals surface area contributed by atoms with E-state index >= 15 is 0 Å². The largest absolute Gasteiger partial charge is 0.348 e. The molecule has 1 saturated carbocycles. The lowest BCUT2D eigenvalue weighted by Crippen LogP contribution is -2.38. The number of nitrogens with two attached hydrogens (primary N) is 1. The van der Waals surface area contributed by atoms with Gasteiger partial charge in [0.1, 0.15) is 10.9 Å². The van der Waals surface area contributed by atoms with E-state index in [4.69, 9.17) is 22.6 Å². The van der Waals surface area contributed by atoms with E-state index in [-0.39, 0.29) is 0 Å². The van der Waals surface area contributed by atoms with Crippen LogP contribution < -0.4 is 10.6 Å². The number of thiazole rings is 1. The molecule has 1 heterocycles. The fourth-order valence-corrected chi connectivity index (χ4v) is 3.23. The molecule has 0 spiro atoms. The number of nitriles is 1. The molecule has 0 bridgehead atoms. The van der Waals surface area contributed by atoms with E-state index in [1.807, 2.05) is 7.05 Å². The number of hydrogen-bond donors (Lipinski definition) is 1. The standard InChI is InChI=1S/C11H15ClN4S/c1-16(8-4-2-7(14)3-5-8)11-15-10(12)9(6-13)17-11/h7-8H,2-5,14H2,1H3. The molecule has 2 N–H and O–H groups in total. The van der Waals surface area contributed by atoms with E-state index < -0.39 is 0 Å². The Bertz CT molecular complexity index is 431. The van der Waals surface area contributed by atoms with Crippen molar-refractivity contribution < 1.29 is 0 Å². The van der Waals surface area contributed by atoms with Gasteiger partial charge < -0.3 is 10.6 Å². The number of hydrogen-bond acceptors (Lipinski definition) is 5. The minimum absolute atomic E-state index is 0.312. The van der Waals surface area contributed by atoms with Gasteiger partial charge in [-0.15, -0.1) is 0 Å². The van der Waals surface area contributed by atoms with Crippen LogP contribution in [0.4, 0.5) is 5.13 Å². The third kappa shape index (κ3) is 2.71. The van der Waals surface area contributed by atoms with Crippen LogP contribution in [0.5, 0.6) is 0 Å². The lowest BCUT2D eigenvalue weighted by atomic mass is 9.91. The van der Waals surface area contributed by atoms with Crippen molar-refractivity contribution in [1.29, 1.82) is 5.26 Å². The molecule has 0 aromatic carbocycles. The minimum Gasteiger partial charge on any atom is -0.348 e. The van der Waals surface area contributed by atoms with Crippen molar-refractivity contribution in [2.24, 2.45) is 5.73 Å². The lowest BCUT2D eigenvalue weighted by Gasteiger charge is -2.33. The third-order valence-corrected chi connectivity index (χ3v) is 4.70. The quantitative estimate of drug-likeness (QED) is 0.896. The highest BCUT2D eigenvalue weighted by molar-refractivity contribution is 7.16. The summed E-state index contributed by atoms with van der Waals surface area (Å²) in [7, 11) is 2.01. The number of halogens is 1. The Morgan fingerprint density at radius 3 is 2.65 bits per heavy atom. The Kier molecular flexibility index (Phi) is 3.87. The summed E-state index contributed by atoms with van der Waals surface area (Å²) in [5, 5.41) is 10.00. The van der Waals surface area contributed by atoms with Gasteiger partial charge in [-0.05, 0) is 25.7 Å². The van der Waals surface area contributed by atoms with Gasteiger partial charge >= 0.3 is 0 Å². The zero-order chi connectivity index (χ0) is 12.4. The number of nitrogens with zero attached hydrogens (tertiary/aromatic N) is 3. The molecule has 0 unspecified atom stereocenters. The molecular weight excluding hydrogens is 256 g/mol. The maximum absolute atomic E-state index is 8.86. The monoisotopic (exact) mass is 270 g/mol. The molecule has 0 amide bonds. The van der Waals surface area contributed by atoms with Gasteiger partial charge in [-0.3, -0.25) is 0 Å². The molecule has 92 valence electrons. The summed E-state index contributed by atoms with van der Waals surface area (Å²) in [5.74, 6) is 0. The number of anilines is 1. The van der Waals surface area contributed by atoms with Gasteiger partial charge in [0, 0.05) is 19.1 Å². The summed E-state index contributed by atoms with van der Waals surface area (Å²) in [6, 6.07) is 2.86. The highest BCUT2D eigenvalue weighted by Gasteiger charge is 2.24. The second-order valence-corrected chi connectivity index (χ2v) is 5.74. The fourth-order valence-electron chi connectivity index (χ4n) is 2.16. The van der Waals surface area contributed by atoms with Crippen LogP contribution in [0.2, 0.25) is 5.15 Å². The zero-order valence-electron chi connectivity index (χ0n) is 9.69. The first-order chi connectivity index (χ1) is 8.11. The smallest absolute Gasteiger partial charge is 0.188 e. The van der Waals surface area contributed by atoms with E-state index in [0.717, 1.165) is 30.8 Å². The summed E-state index contributed by atoms with van der Waals surface area (Å²) < 4.78 is 0. The van der Waals surface area contributed by atoms with Crippen LogP contribution in [0.1, 0.15) is 30.6 Å². The molecule has 1 aromatic heterocycles. The van der Waals surface area contributed by atoms with E-state index in [9.17, 15) is 0 Å². The van der Waals surface area contributed by atoms with Gasteiger partial charge in [0.15, 0.2) is 10.3 Å². The van der Waals surface area contributed by atoms with Crippen LogP contribution in [0.25, 0.3) is 0 Å². The van der Waals surface area contributed by atoms with Crippen LogP contribution in [-0.4, -0.2) is 24.1 Å². The van der Waals surface area contributed by atoms with Gasteiger partial charge in [-0.25, -0.2) is 4.98 Å².